The fraction of sp³-hybridized carbons (Fsp3) is 0.154. The molecule has 1 aromatic heterocycles. The van der Waals surface area contributed by atoms with Crippen LogP contribution < -0.4 is 0 Å². The highest BCUT2D eigenvalue weighted by atomic mass is 79.9. The molecule has 0 atom stereocenters. The average Bonchev–Trinajstić information content (AvgIpc) is 3.17. The summed E-state index contributed by atoms with van der Waals surface area (Å²) in [6, 6.07) is 21.0. The summed E-state index contributed by atoms with van der Waals surface area (Å²) in [6.07, 6.45) is 1.72. The minimum atomic E-state index is -3.76. The Balaban J connectivity index is 1.98. The summed E-state index contributed by atoms with van der Waals surface area (Å²) in [5.74, 6) is 0. The lowest BCUT2D eigenvalue weighted by Gasteiger charge is -2.14. The van der Waals surface area contributed by atoms with Crippen LogP contribution in [0.4, 0.5) is 0 Å². The van der Waals surface area contributed by atoms with E-state index in [4.69, 9.17) is 0 Å². The van der Waals surface area contributed by atoms with Gasteiger partial charge in [-0.25, -0.2) is 12.4 Å². The van der Waals surface area contributed by atoms with Gasteiger partial charge in [0.15, 0.2) is 0 Å². The number of benzene rings is 3. The summed E-state index contributed by atoms with van der Waals surface area (Å²) in [6.45, 7) is 8.09. The largest absolute Gasteiger partial charge is 0.268 e. The zero-order valence-electron chi connectivity index (χ0n) is 18.0. The van der Waals surface area contributed by atoms with Crippen molar-refractivity contribution in [3.8, 4) is 22.4 Å². The predicted octanol–water partition coefficient (Wildman–Crippen LogP) is 7.06. The Hall–Kier alpha value is -2.63. The molecule has 0 aliphatic heterocycles. The molecule has 1 heterocycles. The third kappa shape index (κ3) is 4.12. The van der Waals surface area contributed by atoms with Crippen LogP contribution in [0, 0.1) is 27.7 Å². The number of hydrogen-bond donors (Lipinski definition) is 0. The van der Waals surface area contributed by atoms with Crippen LogP contribution in [0.2, 0.25) is 0 Å². The van der Waals surface area contributed by atoms with Crippen molar-refractivity contribution in [1.82, 2.24) is 3.97 Å². The zero-order chi connectivity index (χ0) is 22.3. The number of rotatable bonds is 4. The molecule has 158 valence electrons. The van der Waals surface area contributed by atoms with Crippen LogP contribution in [-0.2, 0) is 10.0 Å². The molecule has 3 nitrogen and oxygen atoms in total. The van der Waals surface area contributed by atoms with E-state index >= 15 is 0 Å². The Morgan fingerprint density at radius 1 is 0.710 bits per heavy atom. The first-order chi connectivity index (χ1) is 14.7. The van der Waals surface area contributed by atoms with E-state index in [-0.39, 0.29) is 4.90 Å². The van der Waals surface area contributed by atoms with Gasteiger partial charge in [-0.2, -0.15) is 0 Å². The van der Waals surface area contributed by atoms with Crippen molar-refractivity contribution in [2.75, 3.05) is 0 Å². The lowest BCUT2D eigenvalue weighted by molar-refractivity contribution is 0.588. The maximum atomic E-state index is 13.7. The van der Waals surface area contributed by atoms with Crippen molar-refractivity contribution < 1.29 is 8.42 Å². The second kappa shape index (κ2) is 8.13. The lowest BCUT2D eigenvalue weighted by Crippen LogP contribution is -2.13. The molecule has 0 saturated heterocycles. The van der Waals surface area contributed by atoms with E-state index in [0.717, 1.165) is 37.9 Å². The molecule has 0 N–H and O–H groups in total. The highest BCUT2D eigenvalue weighted by Crippen LogP contribution is 2.35. The van der Waals surface area contributed by atoms with Crippen molar-refractivity contribution >= 4 is 26.0 Å². The summed E-state index contributed by atoms with van der Waals surface area (Å²) < 4.78 is 29.7. The molecule has 0 fully saturated rings. The minimum Gasteiger partial charge on any atom is -0.241 e. The SMILES string of the molecule is Cc1ccc(S(=O)(=O)n2cc(-c3ccc(Br)cc3)cc2-c2cc(C)c(C)cc2C)cc1. The van der Waals surface area contributed by atoms with Crippen molar-refractivity contribution in [1.29, 1.82) is 0 Å². The first-order valence-corrected chi connectivity index (χ1v) is 12.3. The van der Waals surface area contributed by atoms with Gasteiger partial charge in [-0.15, -0.1) is 0 Å². The molecule has 0 amide bonds. The van der Waals surface area contributed by atoms with Gasteiger partial charge >= 0.3 is 0 Å². The molecule has 0 spiro atoms. The molecule has 31 heavy (non-hydrogen) atoms. The monoisotopic (exact) mass is 493 g/mol. The van der Waals surface area contributed by atoms with Crippen molar-refractivity contribution in [2.45, 2.75) is 32.6 Å². The number of hydrogen-bond acceptors (Lipinski definition) is 2. The Labute approximate surface area is 192 Å². The van der Waals surface area contributed by atoms with Crippen LogP contribution in [0.3, 0.4) is 0 Å². The minimum absolute atomic E-state index is 0.277. The summed E-state index contributed by atoms with van der Waals surface area (Å²) in [5.41, 5.74) is 7.79. The van der Waals surface area contributed by atoms with Gasteiger partial charge < -0.3 is 0 Å². The summed E-state index contributed by atoms with van der Waals surface area (Å²) in [5, 5.41) is 0. The second-order valence-electron chi connectivity index (χ2n) is 7.99. The van der Waals surface area contributed by atoms with Crippen LogP contribution in [-0.4, -0.2) is 12.4 Å². The third-order valence-corrected chi connectivity index (χ3v) is 7.87. The Morgan fingerprint density at radius 3 is 1.97 bits per heavy atom. The average molecular weight is 494 g/mol. The van der Waals surface area contributed by atoms with E-state index in [1.54, 1.807) is 18.3 Å². The molecular formula is C26H24BrNO2S. The highest BCUT2D eigenvalue weighted by molar-refractivity contribution is 9.10. The van der Waals surface area contributed by atoms with E-state index in [1.165, 1.54) is 9.54 Å². The van der Waals surface area contributed by atoms with Gasteiger partial charge in [-0.05, 0) is 86.3 Å². The van der Waals surface area contributed by atoms with Gasteiger partial charge in [0.25, 0.3) is 10.0 Å². The van der Waals surface area contributed by atoms with E-state index in [2.05, 4.69) is 41.9 Å². The standard InChI is InChI=1S/C26H24BrNO2S/c1-17-5-11-24(12-6-17)31(29,30)28-16-22(21-7-9-23(27)10-8-21)15-26(28)25-14-19(3)18(2)13-20(25)4/h5-16H,1-4H3. The van der Waals surface area contributed by atoms with Gasteiger partial charge in [0.05, 0.1) is 10.6 Å². The van der Waals surface area contributed by atoms with Crippen molar-refractivity contribution in [3.05, 3.63) is 99.7 Å². The quantitative estimate of drug-likeness (QED) is 0.305. The maximum Gasteiger partial charge on any atom is 0.268 e. The van der Waals surface area contributed by atoms with E-state index in [9.17, 15) is 8.42 Å². The fourth-order valence-electron chi connectivity index (χ4n) is 3.70. The Bertz CT molecular complexity index is 1370. The van der Waals surface area contributed by atoms with Gasteiger partial charge in [0, 0.05) is 21.8 Å². The number of nitrogens with zero attached hydrogens (tertiary/aromatic N) is 1. The molecule has 0 aliphatic carbocycles. The predicted molar refractivity (Wildman–Crippen MR) is 131 cm³/mol. The number of halogens is 1. The molecule has 0 bridgehead atoms. The van der Waals surface area contributed by atoms with Crippen LogP contribution in [0.25, 0.3) is 22.4 Å². The molecule has 0 saturated carbocycles. The maximum absolute atomic E-state index is 13.7. The Morgan fingerprint density at radius 2 is 1.32 bits per heavy atom. The first kappa shape index (κ1) is 21.6. The molecule has 0 aliphatic rings. The number of aromatic nitrogens is 1. The van der Waals surface area contributed by atoms with Crippen molar-refractivity contribution in [3.63, 3.8) is 0 Å². The van der Waals surface area contributed by atoms with Gasteiger partial charge in [0.2, 0.25) is 0 Å². The smallest absolute Gasteiger partial charge is 0.241 e. The molecule has 0 unspecified atom stereocenters. The first-order valence-electron chi connectivity index (χ1n) is 10.1. The Kier molecular flexibility index (Phi) is 5.67. The van der Waals surface area contributed by atoms with Crippen molar-refractivity contribution in [2.24, 2.45) is 0 Å². The zero-order valence-corrected chi connectivity index (χ0v) is 20.4. The summed E-state index contributed by atoms with van der Waals surface area (Å²) in [7, 11) is -3.76. The molecule has 3 aromatic carbocycles. The van der Waals surface area contributed by atoms with Gasteiger partial charge in [-0.3, -0.25) is 0 Å². The molecule has 4 rings (SSSR count). The van der Waals surface area contributed by atoms with Crippen LogP contribution in [0.15, 0.2) is 82.3 Å². The second-order valence-corrected chi connectivity index (χ2v) is 10.7. The lowest BCUT2D eigenvalue weighted by atomic mass is 9.98. The van der Waals surface area contributed by atoms with Crippen LogP contribution >= 0.6 is 15.9 Å². The number of aryl methyl sites for hydroxylation is 4. The summed E-state index contributed by atoms with van der Waals surface area (Å²) >= 11 is 3.47. The van der Waals surface area contributed by atoms with Crippen LogP contribution in [0.1, 0.15) is 22.3 Å². The topological polar surface area (TPSA) is 39.1 Å². The third-order valence-electron chi connectivity index (χ3n) is 5.66. The molecule has 5 heteroatoms. The van der Waals surface area contributed by atoms with E-state index < -0.39 is 10.0 Å². The normalized spacial score (nSPS) is 11.6. The fourth-order valence-corrected chi connectivity index (χ4v) is 5.33. The highest BCUT2D eigenvalue weighted by Gasteiger charge is 2.23. The van der Waals surface area contributed by atoms with E-state index in [1.807, 2.05) is 56.3 Å². The molecular weight excluding hydrogens is 470 g/mol. The summed E-state index contributed by atoms with van der Waals surface area (Å²) in [4.78, 5) is 0.277. The van der Waals surface area contributed by atoms with Crippen LogP contribution in [0.5, 0.6) is 0 Å². The molecule has 0 radical (unpaired) electrons. The van der Waals surface area contributed by atoms with Gasteiger partial charge in [-0.1, -0.05) is 51.8 Å². The van der Waals surface area contributed by atoms with E-state index in [0.29, 0.717) is 5.69 Å². The molecule has 4 aromatic rings. The van der Waals surface area contributed by atoms with Gasteiger partial charge in [0.1, 0.15) is 0 Å².